The minimum atomic E-state index is 0. The Labute approximate surface area is 135 Å². The van der Waals surface area contributed by atoms with Crippen LogP contribution in [0.5, 0.6) is 0 Å². The number of hydrogen-bond donors (Lipinski definition) is 0. The summed E-state index contributed by atoms with van der Waals surface area (Å²) in [6.07, 6.45) is 10.6. The van der Waals surface area contributed by atoms with Gasteiger partial charge in [0.2, 0.25) is 0 Å². The maximum Gasteiger partial charge on any atom is 0.109 e. The quantitative estimate of drug-likeness (QED) is 0.538. The van der Waals surface area contributed by atoms with Crippen LogP contribution >= 0.6 is 12.4 Å². The maximum atomic E-state index is 4.73. The largest absolute Gasteiger partial charge is 0.328 e. The molecule has 0 radical (unpaired) electrons. The van der Waals surface area contributed by atoms with E-state index in [-0.39, 0.29) is 12.4 Å². The monoisotopic (exact) mass is 308 g/mol. The van der Waals surface area contributed by atoms with Gasteiger partial charge in [-0.05, 0) is 18.6 Å². The van der Waals surface area contributed by atoms with E-state index in [2.05, 4.69) is 42.7 Å². The van der Waals surface area contributed by atoms with Crippen LogP contribution in [0.3, 0.4) is 0 Å². The van der Waals surface area contributed by atoms with Gasteiger partial charge >= 0.3 is 0 Å². The van der Waals surface area contributed by atoms with Crippen LogP contribution in [-0.2, 0) is 13.0 Å². The van der Waals surface area contributed by atoms with Crippen molar-refractivity contribution in [3.05, 3.63) is 30.1 Å². The molecule has 0 saturated heterocycles. The summed E-state index contributed by atoms with van der Waals surface area (Å²) in [5, 5.41) is 0. The number of nitrogens with zero attached hydrogens (tertiary/aromatic N) is 2. The molecule has 2 rings (SSSR count). The zero-order valence-electron chi connectivity index (χ0n) is 13.5. The molecule has 1 aromatic heterocycles. The molecule has 0 spiro atoms. The molecule has 3 heteroatoms. The van der Waals surface area contributed by atoms with Crippen molar-refractivity contribution >= 4 is 23.4 Å². The zero-order chi connectivity index (χ0) is 14.2. The van der Waals surface area contributed by atoms with Crippen LogP contribution < -0.4 is 0 Å². The highest BCUT2D eigenvalue weighted by molar-refractivity contribution is 5.85. The number of halogens is 1. The van der Waals surface area contributed by atoms with Crippen LogP contribution in [0.25, 0.3) is 11.0 Å². The molecule has 0 N–H and O–H groups in total. The molecular weight excluding hydrogens is 280 g/mol. The third kappa shape index (κ3) is 5.03. The second-order valence-electron chi connectivity index (χ2n) is 5.64. The average molecular weight is 309 g/mol. The smallest absolute Gasteiger partial charge is 0.109 e. The average Bonchev–Trinajstić information content (AvgIpc) is 2.84. The fourth-order valence-corrected chi connectivity index (χ4v) is 2.87. The minimum Gasteiger partial charge on any atom is -0.328 e. The molecule has 1 heterocycles. The second kappa shape index (κ2) is 9.83. The molecule has 118 valence electrons. The Bertz CT molecular complexity index is 519. The van der Waals surface area contributed by atoms with Gasteiger partial charge in [0.05, 0.1) is 11.0 Å². The number of benzene rings is 1. The number of aromatic nitrogens is 2. The molecular formula is C18H29ClN2. The van der Waals surface area contributed by atoms with Gasteiger partial charge in [-0.2, -0.15) is 0 Å². The summed E-state index contributed by atoms with van der Waals surface area (Å²) in [4.78, 5) is 4.73. The predicted molar refractivity (Wildman–Crippen MR) is 94.4 cm³/mol. The highest BCUT2D eigenvalue weighted by Crippen LogP contribution is 2.18. The molecule has 21 heavy (non-hydrogen) atoms. The molecule has 0 atom stereocenters. The normalized spacial score (nSPS) is 10.8. The summed E-state index contributed by atoms with van der Waals surface area (Å²) >= 11 is 0. The van der Waals surface area contributed by atoms with Crippen molar-refractivity contribution in [3.8, 4) is 0 Å². The van der Waals surface area contributed by atoms with Crippen LogP contribution in [0.4, 0.5) is 0 Å². The summed E-state index contributed by atoms with van der Waals surface area (Å²) in [6, 6.07) is 8.51. The molecule has 0 aliphatic carbocycles. The molecule has 0 unspecified atom stereocenters. The van der Waals surface area contributed by atoms with E-state index in [4.69, 9.17) is 4.98 Å². The van der Waals surface area contributed by atoms with Crippen molar-refractivity contribution in [3.63, 3.8) is 0 Å². The number of rotatable bonds is 9. The fraction of sp³-hybridized carbons (Fsp3) is 0.611. The van der Waals surface area contributed by atoms with Crippen LogP contribution in [0.1, 0.15) is 64.6 Å². The third-order valence-electron chi connectivity index (χ3n) is 4.04. The lowest BCUT2D eigenvalue weighted by atomic mass is 10.1. The van der Waals surface area contributed by atoms with Crippen molar-refractivity contribution in [2.75, 3.05) is 0 Å². The molecule has 0 saturated carbocycles. The van der Waals surface area contributed by atoms with Crippen molar-refractivity contribution in [1.29, 1.82) is 0 Å². The van der Waals surface area contributed by atoms with E-state index in [1.54, 1.807) is 0 Å². The first kappa shape index (κ1) is 18.0. The Balaban J connectivity index is 0.00000220. The third-order valence-corrected chi connectivity index (χ3v) is 4.04. The van der Waals surface area contributed by atoms with E-state index < -0.39 is 0 Å². The van der Waals surface area contributed by atoms with Gasteiger partial charge in [0, 0.05) is 13.0 Å². The fourth-order valence-electron chi connectivity index (χ4n) is 2.87. The summed E-state index contributed by atoms with van der Waals surface area (Å²) in [6.45, 7) is 5.59. The first-order valence-electron chi connectivity index (χ1n) is 8.31. The van der Waals surface area contributed by atoms with Gasteiger partial charge in [-0.3, -0.25) is 0 Å². The van der Waals surface area contributed by atoms with Gasteiger partial charge in [-0.15, -0.1) is 12.4 Å². The van der Waals surface area contributed by atoms with E-state index in [1.807, 2.05) is 0 Å². The van der Waals surface area contributed by atoms with Gasteiger partial charge in [0.1, 0.15) is 5.82 Å². The Hall–Kier alpha value is -1.02. The summed E-state index contributed by atoms with van der Waals surface area (Å²) < 4.78 is 2.42. The topological polar surface area (TPSA) is 17.8 Å². The number of imidazole rings is 1. The Morgan fingerprint density at radius 1 is 0.905 bits per heavy atom. The van der Waals surface area contributed by atoms with Crippen LogP contribution in [0.15, 0.2) is 24.3 Å². The Morgan fingerprint density at radius 2 is 1.57 bits per heavy atom. The van der Waals surface area contributed by atoms with Crippen molar-refractivity contribution in [2.45, 2.75) is 71.8 Å². The van der Waals surface area contributed by atoms with E-state index in [0.29, 0.717) is 0 Å². The Kier molecular flexibility index (Phi) is 8.44. The maximum absolute atomic E-state index is 4.73. The number of aryl methyl sites for hydroxylation is 2. The molecule has 0 aliphatic heterocycles. The lowest BCUT2D eigenvalue weighted by molar-refractivity contribution is 0.547. The van der Waals surface area contributed by atoms with Crippen LogP contribution in [0.2, 0.25) is 0 Å². The van der Waals surface area contributed by atoms with E-state index in [1.165, 1.54) is 56.3 Å². The molecule has 2 nitrogen and oxygen atoms in total. The molecule has 2 aromatic rings. The predicted octanol–water partition coefficient (Wildman–Crippen LogP) is 5.77. The molecule has 0 aliphatic rings. The number of para-hydroxylation sites is 2. The molecule has 0 fully saturated rings. The van der Waals surface area contributed by atoms with Crippen LogP contribution in [-0.4, -0.2) is 9.55 Å². The second-order valence-corrected chi connectivity index (χ2v) is 5.64. The summed E-state index contributed by atoms with van der Waals surface area (Å²) in [5.41, 5.74) is 2.45. The zero-order valence-corrected chi connectivity index (χ0v) is 14.3. The van der Waals surface area contributed by atoms with Crippen molar-refractivity contribution < 1.29 is 0 Å². The van der Waals surface area contributed by atoms with Crippen molar-refractivity contribution in [2.24, 2.45) is 0 Å². The number of fused-ring (bicyclic) bond motifs is 1. The van der Waals surface area contributed by atoms with Gasteiger partial charge < -0.3 is 4.57 Å². The highest BCUT2D eigenvalue weighted by atomic mass is 35.5. The van der Waals surface area contributed by atoms with Crippen LogP contribution in [0, 0.1) is 0 Å². The molecule has 0 amide bonds. The molecule has 0 bridgehead atoms. The summed E-state index contributed by atoms with van der Waals surface area (Å²) in [5.74, 6) is 1.23. The van der Waals surface area contributed by atoms with E-state index in [0.717, 1.165) is 18.5 Å². The van der Waals surface area contributed by atoms with Gasteiger partial charge in [0.25, 0.3) is 0 Å². The molecule has 1 aromatic carbocycles. The first-order chi connectivity index (χ1) is 9.86. The first-order valence-corrected chi connectivity index (χ1v) is 8.31. The number of unbranched alkanes of at least 4 members (excludes halogenated alkanes) is 6. The van der Waals surface area contributed by atoms with Crippen molar-refractivity contribution in [1.82, 2.24) is 9.55 Å². The lowest BCUT2D eigenvalue weighted by Crippen LogP contribution is -2.03. The van der Waals surface area contributed by atoms with Gasteiger partial charge in [-0.1, -0.05) is 64.5 Å². The Morgan fingerprint density at radius 3 is 2.29 bits per heavy atom. The van der Waals surface area contributed by atoms with Gasteiger partial charge in [-0.25, -0.2) is 4.98 Å². The van der Waals surface area contributed by atoms with E-state index in [9.17, 15) is 0 Å². The lowest BCUT2D eigenvalue weighted by Gasteiger charge is -2.08. The standard InChI is InChI=1S/C18H28N2.ClH/c1-3-5-6-7-8-9-12-15-20-17-14-11-10-13-16(17)19-18(20)4-2;/h10-11,13-14H,3-9,12,15H2,1-2H3;1H. The number of hydrogen-bond acceptors (Lipinski definition) is 1. The van der Waals surface area contributed by atoms with E-state index >= 15 is 0 Å². The highest BCUT2D eigenvalue weighted by Gasteiger charge is 2.07. The van der Waals surface area contributed by atoms with Gasteiger partial charge in [0.15, 0.2) is 0 Å². The minimum absolute atomic E-state index is 0. The SMILES string of the molecule is CCCCCCCCCn1c(CC)nc2ccccc21.Cl. The summed E-state index contributed by atoms with van der Waals surface area (Å²) in [7, 11) is 0.